The average Bonchev–Trinajstić information content (AvgIpc) is 3.46. The van der Waals surface area contributed by atoms with E-state index in [9.17, 15) is 19.2 Å². The number of ether oxygens (including phenoxy) is 1. The van der Waals surface area contributed by atoms with Crippen LogP contribution in [0.4, 0.5) is 11.4 Å². The smallest absolute Gasteiger partial charge is 0.338 e. The topological polar surface area (TPSA) is 96.0 Å². The van der Waals surface area contributed by atoms with E-state index in [4.69, 9.17) is 16.3 Å². The number of hydrogen-bond acceptors (Lipinski definition) is 6. The SMILES string of the molecule is CCCOC(=O)c1cccc(N2C(=O)C(Cl)=C(Nc3ccc(C(=O)N4CCCC4)cc3)C2=O)c1. The quantitative estimate of drug-likeness (QED) is 0.475. The number of nitrogens with one attached hydrogen (secondary N) is 1. The summed E-state index contributed by atoms with van der Waals surface area (Å²) in [6, 6.07) is 12.7. The second kappa shape index (κ2) is 10.1. The van der Waals surface area contributed by atoms with E-state index >= 15 is 0 Å². The van der Waals surface area contributed by atoms with Crippen LogP contribution in [0.25, 0.3) is 0 Å². The monoisotopic (exact) mass is 481 g/mol. The summed E-state index contributed by atoms with van der Waals surface area (Å²) >= 11 is 6.21. The first-order chi connectivity index (χ1) is 16.4. The van der Waals surface area contributed by atoms with Crippen LogP contribution in [0, 0.1) is 0 Å². The number of benzene rings is 2. The van der Waals surface area contributed by atoms with E-state index in [1.54, 1.807) is 36.4 Å². The van der Waals surface area contributed by atoms with Crippen molar-refractivity contribution in [2.45, 2.75) is 26.2 Å². The first kappa shape index (κ1) is 23.5. The van der Waals surface area contributed by atoms with Crippen molar-refractivity contribution in [1.82, 2.24) is 4.90 Å². The van der Waals surface area contributed by atoms with Crippen LogP contribution in [0.15, 0.2) is 59.3 Å². The summed E-state index contributed by atoms with van der Waals surface area (Å²) in [5, 5.41) is 2.63. The van der Waals surface area contributed by atoms with Crippen LogP contribution in [-0.4, -0.2) is 48.3 Å². The summed E-state index contributed by atoms with van der Waals surface area (Å²) in [7, 11) is 0. The second-order valence-corrected chi connectivity index (χ2v) is 8.40. The van der Waals surface area contributed by atoms with Crippen LogP contribution in [0.2, 0.25) is 0 Å². The molecule has 0 spiro atoms. The van der Waals surface area contributed by atoms with Gasteiger partial charge in [-0.2, -0.15) is 0 Å². The van der Waals surface area contributed by atoms with Gasteiger partial charge in [0, 0.05) is 24.3 Å². The molecule has 2 aliphatic heterocycles. The predicted molar refractivity (Wildman–Crippen MR) is 128 cm³/mol. The maximum Gasteiger partial charge on any atom is 0.338 e. The molecular formula is C25H24ClN3O5. The van der Waals surface area contributed by atoms with E-state index in [-0.39, 0.29) is 34.5 Å². The van der Waals surface area contributed by atoms with Gasteiger partial charge in [-0.3, -0.25) is 14.4 Å². The molecule has 176 valence electrons. The Morgan fingerprint density at radius 1 is 1.00 bits per heavy atom. The highest BCUT2D eigenvalue weighted by molar-refractivity contribution is 6.53. The van der Waals surface area contributed by atoms with Gasteiger partial charge in [-0.25, -0.2) is 9.69 Å². The zero-order chi connectivity index (χ0) is 24.2. The number of halogens is 1. The Labute approximate surface area is 202 Å². The predicted octanol–water partition coefficient (Wildman–Crippen LogP) is 3.93. The van der Waals surface area contributed by atoms with Gasteiger partial charge >= 0.3 is 5.97 Å². The van der Waals surface area contributed by atoms with Crippen molar-refractivity contribution in [2.75, 3.05) is 29.9 Å². The van der Waals surface area contributed by atoms with Gasteiger partial charge in [0.2, 0.25) is 0 Å². The fourth-order valence-electron chi connectivity index (χ4n) is 3.84. The molecule has 4 rings (SSSR count). The van der Waals surface area contributed by atoms with E-state index in [0.717, 1.165) is 30.8 Å². The minimum Gasteiger partial charge on any atom is -0.462 e. The molecule has 0 radical (unpaired) electrons. The molecule has 0 aliphatic carbocycles. The van der Waals surface area contributed by atoms with Crippen LogP contribution < -0.4 is 10.2 Å². The number of anilines is 2. The van der Waals surface area contributed by atoms with Crippen molar-refractivity contribution >= 4 is 46.7 Å². The molecule has 1 fully saturated rings. The number of imide groups is 1. The zero-order valence-electron chi connectivity index (χ0n) is 18.7. The highest BCUT2D eigenvalue weighted by Gasteiger charge is 2.39. The molecule has 0 saturated carbocycles. The van der Waals surface area contributed by atoms with Gasteiger partial charge < -0.3 is 15.0 Å². The molecule has 2 heterocycles. The molecule has 2 aliphatic rings. The van der Waals surface area contributed by atoms with Crippen LogP contribution in [0.3, 0.4) is 0 Å². The van der Waals surface area contributed by atoms with E-state index in [1.165, 1.54) is 12.1 Å². The summed E-state index contributed by atoms with van der Waals surface area (Å²) in [6.07, 6.45) is 2.69. The lowest BCUT2D eigenvalue weighted by molar-refractivity contribution is -0.120. The Morgan fingerprint density at radius 3 is 2.38 bits per heavy atom. The standard InChI is InChI=1S/C25H24ClN3O5/c1-2-14-34-25(33)17-6-5-7-19(15-17)29-23(31)20(26)21(24(29)32)27-18-10-8-16(9-11-18)22(30)28-12-3-4-13-28/h5-11,15,27H,2-4,12-14H2,1H3. The fourth-order valence-corrected chi connectivity index (χ4v) is 4.05. The van der Waals surface area contributed by atoms with Gasteiger partial charge in [0.25, 0.3) is 17.7 Å². The van der Waals surface area contributed by atoms with Gasteiger partial charge in [-0.05, 0) is 61.7 Å². The number of nitrogens with zero attached hydrogens (tertiary/aromatic N) is 2. The van der Waals surface area contributed by atoms with E-state index < -0.39 is 17.8 Å². The molecule has 9 heteroatoms. The summed E-state index contributed by atoms with van der Waals surface area (Å²) in [6.45, 7) is 3.66. The third-order valence-corrected chi connectivity index (χ3v) is 5.95. The van der Waals surface area contributed by atoms with Crippen molar-refractivity contribution in [3.63, 3.8) is 0 Å². The lowest BCUT2D eigenvalue weighted by Crippen LogP contribution is -2.32. The van der Waals surface area contributed by atoms with Crippen molar-refractivity contribution < 1.29 is 23.9 Å². The lowest BCUT2D eigenvalue weighted by Gasteiger charge is -2.16. The molecule has 8 nitrogen and oxygen atoms in total. The van der Waals surface area contributed by atoms with Crippen LogP contribution in [-0.2, 0) is 14.3 Å². The lowest BCUT2D eigenvalue weighted by atomic mass is 10.1. The number of hydrogen-bond donors (Lipinski definition) is 1. The Kier molecular flexibility index (Phi) is 6.98. The molecule has 0 bridgehead atoms. The molecule has 34 heavy (non-hydrogen) atoms. The number of amides is 3. The summed E-state index contributed by atoms with van der Waals surface area (Å²) in [4.78, 5) is 53.2. The van der Waals surface area contributed by atoms with E-state index in [0.29, 0.717) is 17.7 Å². The first-order valence-corrected chi connectivity index (χ1v) is 11.5. The summed E-state index contributed by atoms with van der Waals surface area (Å²) < 4.78 is 5.13. The van der Waals surface area contributed by atoms with Gasteiger partial charge in [0.15, 0.2) is 0 Å². The van der Waals surface area contributed by atoms with Crippen LogP contribution in [0.1, 0.15) is 46.9 Å². The largest absolute Gasteiger partial charge is 0.462 e. The molecule has 0 atom stereocenters. The molecule has 2 aromatic rings. The van der Waals surface area contributed by atoms with Crippen molar-refractivity contribution in [3.8, 4) is 0 Å². The molecule has 3 amide bonds. The van der Waals surface area contributed by atoms with Crippen LogP contribution >= 0.6 is 11.6 Å². The number of carbonyl (C=O) groups excluding carboxylic acids is 4. The highest BCUT2D eigenvalue weighted by Crippen LogP contribution is 2.31. The highest BCUT2D eigenvalue weighted by atomic mass is 35.5. The molecule has 1 N–H and O–H groups in total. The number of rotatable bonds is 7. The minimum atomic E-state index is -0.700. The Morgan fingerprint density at radius 2 is 1.71 bits per heavy atom. The Balaban J connectivity index is 1.49. The average molecular weight is 482 g/mol. The fraction of sp³-hybridized carbons (Fsp3) is 0.280. The summed E-state index contributed by atoms with van der Waals surface area (Å²) in [5.74, 6) is -1.92. The third-order valence-electron chi connectivity index (χ3n) is 5.60. The van der Waals surface area contributed by atoms with Crippen molar-refractivity contribution in [3.05, 3.63) is 70.4 Å². The summed E-state index contributed by atoms with van der Waals surface area (Å²) in [5.41, 5.74) is 1.41. The number of carbonyl (C=O) groups is 4. The number of esters is 1. The van der Waals surface area contributed by atoms with Crippen LogP contribution in [0.5, 0.6) is 0 Å². The second-order valence-electron chi connectivity index (χ2n) is 8.02. The molecule has 0 aromatic heterocycles. The van der Waals surface area contributed by atoms with Crippen molar-refractivity contribution in [2.24, 2.45) is 0 Å². The Hall–Kier alpha value is -3.65. The van der Waals surface area contributed by atoms with Gasteiger partial charge in [-0.15, -0.1) is 0 Å². The molecule has 1 saturated heterocycles. The molecule has 0 unspecified atom stereocenters. The van der Waals surface area contributed by atoms with Gasteiger partial charge in [0.1, 0.15) is 10.7 Å². The zero-order valence-corrected chi connectivity index (χ0v) is 19.4. The first-order valence-electron chi connectivity index (χ1n) is 11.1. The van der Waals surface area contributed by atoms with Crippen molar-refractivity contribution in [1.29, 1.82) is 0 Å². The normalized spacial score (nSPS) is 15.8. The van der Waals surface area contributed by atoms with E-state index in [2.05, 4.69) is 5.32 Å². The van der Waals surface area contributed by atoms with Gasteiger partial charge in [0.05, 0.1) is 17.9 Å². The van der Waals surface area contributed by atoms with Gasteiger partial charge in [-0.1, -0.05) is 24.6 Å². The molecule has 2 aromatic carbocycles. The Bertz CT molecular complexity index is 1170. The minimum absolute atomic E-state index is 0.0306. The van der Waals surface area contributed by atoms with E-state index in [1.807, 2.05) is 11.8 Å². The maximum absolute atomic E-state index is 13.1. The molecular weight excluding hydrogens is 458 g/mol. The number of likely N-dealkylation sites (tertiary alicyclic amines) is 1. The third kappa shape index (κ3) is 4.68. The maximum atomic E-state index is 13.1.